The maximum Gasteiger partial charge on any atom is 1.00 e. The molecule has 0 N–H and O–H groups in total. The van der Waals surface area contributed by atoms with Crippen LogP contribution in [0.1, 0.15) is 34.0 Å². The van der Waals surface area contributed by atoms with E-state index < -0.39 is 11.9 Å². The molecular formula is C29H23ClN3NaO7. The van der Waals surface area contributed by atoms with Crippen molar-refractivity contribution in [1.82, 2.24) is 15.2 Å². The zero-order valence-corrected chi connectivity index (χ0v) is 25.3. The van der Waals surface area contributed by atoms with Gasteiger partial charge >= 0.3 is 29.6 Å². The molecule has 0 bridgehead atoms. The molecule has 0 amide bonds. The molecule has 10 nitrogen and oxygen atoms in total. The summed E-state index contributed by atoms with van der Waals surface area (Å²) in [7, 11) is 3.03. The normalized spacial score (nSPS) is 13.7. The zero-order valence-electron chi connectivity index (χ0n) is 22.5. The van der Waals surface area contributed by atoms with Gasteiger partial charge < -0.3 is 28.8 Å². The van der Waals surface area contributed by atoms with E-state index in [4.69, 9.17) is 30.5 Å². The Kier molecular flexibility index (Phi) is 9.82. The number of ketones is 1. The first-order chi connectivity index (χ1) is 19.4. The van der Waals surface area contributed by atoms with Crippen LogP contribution >= 0.6 is 11.6 Å². The molecule has 0 saturated carbocycles. The number of benzene rings is 2. The van der Waals surface area contributed by atoms with Crippen molar-refractivity contribution in [3.8, 4) is 40.3 Å². The minimum Gasteiger partial charge on any atom is -0.549 e. The largest absolute Gasteiger partial charge is 1.00 e. The van der Waals surface area contributed by atoms with Crippen LogP contribution in [0.4, 0.5) is 0 Å². The van der Waals surface area contributed by atoms with Gasteiger partial charge in [0.15, 0.2) is 5.78 Å². The van der Waals surface area contributed by atoms with Crippen molar-refractivity contribution >= 4 is 23.4 Å². The van der Waals surface area contributed by atoms with Crippen LogP contribution < -0.4 is 53.6 Å². The van der Waals surface area contributed by atoms with E-state index in [-0.39, 0.29) is 53.4 Å². The van der Waals surface area contributed by atoms with Gasteiger partial charge in [-0.3, -0.25) is 4.79 Å². The number of rotatable bonds is 9. The van der Waals surface area contributed by atoms with Crippen LogP contribution in [0.3, 0.4) is 0 Å². The van der Waals surface area contributed by atoms with Gasteiger partial charge in [-0.1, -0.05) is 11.6 Å². The van der Waals surface area contributed by atoms with Gasteiger partial charge in [-0.25, -0.2) is 0 Å². The maximum absolute atomic E-state index is 12.9. The second-order valence-electron chi connectivity index (χ2n) is 8.88. The number of pyridine rings is 1. The Morgan fingerprint density at radius 1 is 1.02 bits per heavy atom. The number of Topliss-reactive ketones (excluding diaryl/α,β-unsaturated/α-hetero) is 1. The van der Waals surface area contributed by atoms with E-state index in [1.165, 1.54) is 20.3 Å². The van der Waals surface area contributed by atoms with Crippen molar-refractivity contribution in [2.45, 2.75) is 18.8 Å². The molecule has 1 aliphatic heterocycles. The maximum atomic E-state index is 12.9. The molecule has 2 aromatic heterocycles. The Bertz CT molecular complexity index is 1570. The number of carboxylic acids is 1. The minimum atomic E-state index is -1.17. The molecule has 0 aliphatic carbocycles. The Hall–Kier alpha value is -3.70. The third-order valence-electron chi connectivity index (χ3n) is 6.37. The average Bonchev–Trinajstić information content (AvgIpc) is 2.97. The third kappa shape index (κ3) is 6.79. The average molecular weight is 584 g/mol. The second-order valence-corrected chi connectivity index (χ2v) is 9.28. The van der Waals surface area contributed by atoms with Gasteiger partial charge in [0.25, 0.3) is 0 Å². The summed E-state index contributed by atoms with van der Waals surface area (Å²) in [6.45, 7) is 0.253. The van der Waals surface area contributed by atoms with Crippen molar-refractivity contribution in [2.24, 2.45) is 0 Å². The van der Waals surface area contributed by atoms with Crippen LogP contribution in [0.15, 0.2) is 60.7 Å². The molecule has 3 heterocycles. The molecule has 0 spiro atoms. The summed E-state index contributed by atoms with van der Waals surface area (Å²) in [4.78, 5) is 28.6. The minimum absolute atomic E-state index is 0. The second kappa shape index (κ2) is 13.3. The molecule has 5 rings (SSSR count). The summed E-state index contributed by atoms with van der Waals surface area (Å²) in [5, 5.41) is 20.1. The van der Waals surface area contributed by atoms with Crippen LogP contribution in [0.25, 0.3) is 11.3 Å². The summed E-state index contributed by atoms with van der Waals surface area (Å²) >= 11 is 6.36. The first-order valence-corrected chi connectivity index (χ1v) is 12.6. The number of ether oxygens (including phenoxy) is 4. The number of carbonyl (C=O) groups is 2. The monoisotopic (exact) mass is 583 g/mol. The van der Waals surface area contributed by atoms with Crippen molar-refractivity contribution in [3.63, 3.8) is 0 Å². The number of methoxy groups -OCH3 is 2. The van der Waals surface area contributed by atoms with Gasteiger partial charge in [0.2, 0.25) is 11.8 Å². The van der Waals surface area contributed by atoms with Gasteiger partial charge in [0.05, 0.1) is 49.2 Å². The molecule has 4 aromatic rings. The number of hydrogen-bond acceptors (Lipinski definition) is 10. The summed E-state index contributed by atoms with van der Waals surface area (Å²) in [5.74, 6) is -0.208. The van der Waals surface area contributed by atoms with Gasteiger partial charge in [-0.15, -0.1) is 0 Å². The van der Waals surface area contributed by atoms with Crippen molar-refractivity contribution in [3.05, 3.63) is 82.5 Å². The standard InChI is InChI=1S/C29H24ClN3O7.Na/c1-37-27-10-8-20(28(31-27)38-2)23-9-5-17(32-33-23)13-24(34)16-3-6-18(7-4-16)40-26-15-25-21(14-22(26)30)19(29(35)36)11-12-39-25;/h3-10,14-15,19H,11-13H2,1-2H3,(H,35,36);/q;+1/p-1. The van der Waals surface area contributed by atoms with Crippen LogP contribution in [0.5, 0.6) is 29.0 Å². The Labute approximate surface area is 262 Å². The van der Waals surface area contributed by atoms with E-state index in [1.807, 2.05) is 0 Å². The molecular weight excluding hydrogens is 561 g/mol. The van der Waals surface area contributed by atoms with E-state index in [0.29, 0.717) is 63.5 Å². The molecule has 204 valence electrons. The topological polar surface area (TPSA) is 133 Å². The molecule has 0 fully saturated rings. The van der Waals surface area contributed by atoms with Crippen LogP contribution in [0.2, 0.25) is 5.02 Å². The Morgan fingerprint density at radius 2 is 1.80 bits per heavy atom. The molecule has 41 heavy (non-hydrogen) atoms. The van der Waals surface area contributed by atoms with Gasteiger partial charge in [-0.05, 0) is 55.0 Å². The van der Waals surface area contributed by atoms with E-state index in [0.717, 1.165) is 0 Å². The SMILES string of the molecule is COc1ccc(-c2ccc(CC(=O)c3ccc(Oc4cc5c(cc4Cl)C(C(=O)[O-])CCO5)cc3)nn2)c(OC)n1.[Na+]. The fourth-order valence-electron chi connectivity index (χ4n) is 4.30. The molecule has 1 aliphatic rings. The van der Waals surface area contributed by atoms with Crippen molar-refractivity contribution < 1.29 is 63.2 Å². The predicted molar refractivity (Wildman–Crippen MR) is 142 cm³/mol. The molecule has 1 atom stereocenters. The molecule has 0 radical (unpaired) electrons. The molecule has 2 aromatic carbocycles. The number of carbonyl (C=O) groups excluding carboxylic acids is 2. The number of carboxylic acid groups (broad SMARTS) is 1. The summed E-state index contributed by atoms with van der Waals surface area (Å²) < 4.78 is 21.9. The van der Waals surface area contributed by atoms with Crippen LogP contribution in [-0.4, -0.2) is 47.8 Å². The van der Waals surface area contributed by atoms with Gasteiger partial charge in [-0.2, -0.15) is 15.2 Å². The smallest absolute Gasteiger partial charge is 0.549 e. The van der Waals surface area contributed by atoms with E-state index in [9.17, 15) is 14.7 Å². The summed E-state index contributed by atoms with van der Waals surface area (Å²) in [5.41, 5.74) is 2.63. The van der Waals surface area contributed by atoms with Crippen molar-refractivity contribution in [1.29, 1.82) is 0 Å². The Morgan fingerprint density at radius 3 is 2.46 bits per heavy atom. The van der Waals surface area contributed by atoms with E-state index in [1.54, 1.807) is 54.6 Å². The molecule has 0 saturated heterocycles. The number of aromatic nitrogens is 3. The number of hydrogen-bond donors (Lipinski definition) is 0. The predicted octanol–water partition coefficient (Wildman–Crippen LogP) is 1.05. The van der Waals surface area contributed by atoms with Crippen LogP contribution in [-0.2, 0) is 11.2 Å². The fourth-order valence-corrected chi connectivity index (χ4v) is 4.51. The summed E-state index contributed by atoms with van der Waals surface area (Å²) in [6, 6.07) is 16.6. The molecule has 1 unspecified atom stereocenters. The number of nitrogens with zero attached hydrogens (tertiary/aromatic N) is 3. The van der Waals surface area contributed by atoms with E-state index >= 15 is 0 Å². The summed E-state index contributed by atoms with van der Waals surface area (Å²) in [6.07, 6.45) is 0.366. The van der Waals surface area contributed by atoms with Crippen LogP contribution in [0, 0.1) is 0 Å². The Balaban J connectivity index is 0.00000387. The number of fused-ring (bicyclic) bond motifs is 1. The molecule has 12 heteroatoms. The van der Waals surface area contributed by atoms with Crippen molar-refractivity contribution in [2.75, 3.05) is 20.8 Å². The zero-order chi connectivity index (χ0) is 28.2. The first kappa shape index (κ1) is 30.3. The quantitative estimate of drug-likeness (QED) is 0.208. The van der Waals surface area contributed by atoms with E-state index in [2.05, 4.69) is 15.2 Å². The first-order valence-electron chi connectivity index (χ1n) is 12.3. The number of halogens is 1. The fraction of sp³-hybridized carbons (Fsp3) is 0.207. The van der Waals surface area contributed by atoms with Gasteiger partial charge in [0.1, 0.15) is 17.2 Å². The number of aliphatic carboxylic acids is 1. The van der Waals surface area contributed by atoms with Gasteiger partial charge in [0, 0.05) is 35.1 Å². The third-order valence-corrected chi connectivity index (χ3v) is 6.66.